The fourth-order valence-corrected chi connectivity index (χ4v) is 2.32. The number of nitrogen functional groups attached to an aromatic ring is 1. The van der Waals surface area contributed by atoms with Crippen molar-refractivity contribution in [1.29, 1.82) is 0 Å². The number of benzene rings is 1. The number of rotatable bonds is 2. The SMILES string of the molecule is Nc1nc(Nc2cccc3ccncc23)c(Cl)cc1Cl. The summed E-state index contributed by atoms with van der Waals surface area (Å²) in [5.74, 6) is 0.696. The van der Waals surface area contributed by atoms with E-state index in [4.69, 9.17) is 28.9 Å². The first-order chi connectivity index (χ1) is 9.65. The number of nitrogens with one attached hydrogen (secondary N) is 1. The van der Waals surface area contributed by atoms with Gasteiger partial charge in [0, 0.05) is 23.5 Å². The largest absolute Gasteiger partial charge is 0.382 e. The highest BCUT2D eigenvalue weighted by molar-refractivity contribution is 6.37. The number of pyridine rings is 2. The molecule has 20 heavy (non-hydrogen) atoms. The van der Waals surface area contributed by atoms with Crippen molar-refractivity contribution in [1.82, 2.24) is 9.97 Å². The van der Waals surface area contributed by atoms with Crippen molar-refractivity contribution in [2.24, 2.45) is 0 Å². The Morgan fingerprint density at radius 3 is 2.80 bits per heavy atom. The molecule has 0 bridgehead atoms. The number of aromatic nitrogens is 2. The smallest absolute Gasteiger partial charge is 0.151 e. The summed E-state index contributed by atoms with van der Waals surface area (Å²) in [6.07, 6.45) is 3.53. The van der Waals surface area contributed by atoms with Gasteiger partial charge in [0.05, 0.1) is 10.0 Å². The highest BCUT2D eigenvalue weighted by Gasteiger charge is 2.09. The Hall–Kier alpha value is -2.04. The van der Waals surface area contributed by atoms with Crippen molar-refractivity contribution in [3.05, 3.63) is 52.8 Å². The molecule has 3 rings (SSSR count). The van der Waals surface area contributed by atoms with Crippen molar-refractivity contribution in [2.45, 2.75) is 0 Å². The van der Waals surface area contributed by atoms with Gasteiger partial charge in [0.2, 0.25) is 0 Å². The Labute approximate surface area is 125 Å². The predicted molar refractivity (Wildman–Crippen MR) is 83.7 cm³/mol. The van der Waals surface area contributed by atoms with Crippen LogP contribution in [0.1, 0.15) is 0 Å². The molecule has 0 aliphatic heterocycles. The van der Waals surface area contributed by atoms with E-state index in [0.717, 1.165) is 16.5 Å². The molecule has 0 amide bonds. The Morgan fingerprint density at radius 2 is 1.95 bits per heavy atom. The molecule has 6 heteroatoms. The van der Waals surface area contributed by atoms with Crippen LogP contribution in [0.2, 0.25) is 10.0 Å². The van der Waals surface area contributed by atoms with Gasteiger partial charge in [-0.1, -0.05) is 35.3 Å². The van der Waals surface area contributed by atoms with Gasteiger partial charge in [-0.25, -0.2) is 4.98 Å². The maximum absolute atomic E-state index is 6.12. The second kappa shape index (κ2) is 5.15. The van der Waals surface area contributed by atoms with E-state index in [1.54, 1.807) is 18.5 Å². The summed E-state index contributed by atoms with van der Waals surface area (Å²) in [5.41, 5.74) is 6.56. The summed E-state index contributed by atoms with van der Waals surface area (Å²) < 4.78 is 0. The van der Waals surface area contributed by atoms with Crippen LogP contribution in [0.15, 0.2) is 42.7 Å². The van der Waals surface area contributed by atoms with Gasteiger partial charge in [-0.3, -0.25) is 4.98 Å². The van der Waals surface area contributed by atoms with Gasteiger partial charge in [0.1, 0.15) is 5.82 Å². The van der Waals surface area contributed by atoms with E-state index in [-0.39, 0.29) is 5.82 Å². The fraction of sp³-hybridized carbons (Fsp3) is 0. The van der Waals surface area contributed by atoms with Crippen LogP contribution in [0, 0.1) is 0 Å². The molecule has 0 saturated heterocycles. The van der Waals surface area contributed by atoms with Crippen molar-refractivity contribution >= 4 is 51.3 Å². The van der Waals surface area contributed by atoms with Crippen molar-refractivity contribution in [2.75, 3.05) is 11.1 Å². The molecule has 0 fully saturated rings. The summed E-state index contributed by atoms with van der Waals surface area (Å²) in [4.78, 5) is 8.29. The molecule has 0 radical (unpaired) electrons. The third kappa shape index (κ3) is 2.35. The van der Waals surface area contributed by atoms with Crippen molar-refractivity contribution < 1.29 is 0 Å². The van der Waals surface area contributed by atoms with Crippen LogP contribution < -0.4 is 11.1 Å². The van der Waals surface area contributed by atoms with Gasteiger partial charge in [0.25, 0.3) is 0 Å². The van der Waals surface area contributed by atoms with Gasteiger partial charge in [-0.2, -0.15) is 0 Å². The lowest BCUT2D eigenvalue weighted by molar-refractivity contribution is 1.31. The molecule has 0 unspecified atom stereocenters. The van der Waals surface area contributed by atoms with Gasteiger partial charge in [0.15, 0.2) is 5.82 Å². The number of halogens is 2. The summed E-state index contributed by atoms with van der Waals surface area (Å²) >= 11 is 12.0. The van der Waals surface area contributed by atoms with E-state index in [9.17, 15) is 0 Å². The molecule has 1 aromatic carbocycles. The van der Waals surface area contributed by atoms with E-state index in [1.165, 1.54) is 0 Å². The predicted octanol–water partition coefficient (Wildman–Crippen LogP) is 4.26. The van der Waals surface area contributed by atoms with E-state index in [0.29, 0.717) is 15.9 Å². The minimum atomic E-state index is 0.233. The van der Waals surface area contributed by atoms with Crippen LogP contribution in [0.5, 0.6) is 0 Å². The number of anilines is 3. The normalized spacial score (nSPS) is 10.7. The molecular formula is C14H10Cl2N4. The summed E-state index contributed by atoms with van der Waals surface area (Å²) in [7, 11) is 0. The molecule has 2 heterocycles. The number of fused-ring (bicyclic) bond motifs is 1. The molecule has 0 aliphatic rings. The monoisotopic (exact) mass is 304 g/mol. The molecule has 2 aromatic heterocycles. The maximum atomic E-state index is 6.12. The lowest BCUT2D eigenvalue weighted by Crippen LogP contribution is -1.99. The summed E-state index contributed by atoms with van der Waals surface area (Å²) in [6, 6.07) is 9.38. The molecule has 0 saturated carbocycles. The van der Waals surface area contributed by atoms with Crippen LogP contribution in [-0.2, 0) is 0 Å². The average molecular weight is 305 g/mol. The Balaban J connectivity index is 2.08. The van der Waals surface area contributed by atoms with Gasteiger partial charge in [-0.05, 0) is 23.6 Å². The third-order valence-electron chi connectivity index (χ3n) is 2.89. The van der Waals surface area contributed by atoms with Crippen LogP contribution in [0.25, 0.3) is 10.8 Å². The minimum Gasteiger partial charge on any atom is -0.382 e. The van der Waals surface area contributed by atoms with E-state index in [2.05, 4.69) is 15.3 Å². The molecule has 0 spiro atoms. The third-order valence-corrected chi connectivity index (χ3v) is 3.48. The summed E-state index contributed by atoms with van der Waals surface area (Å²) in [6.45, 7) is 0. The second-order valence-corrected chi connectivity index (χ2v) is 5.03. The zero-order valence-corrected chi connectivity index (χ0v) is 11.8. The first kappa shape index (κ1) is 13.0. The van der Waals surface area contributed by atoms with Gasteiger partial charge in [-0.15, -0.1) is 0 Å². The van der Waals surface area contributed by atoms with Crippen molar-refractivity contribution in [3.63, 3.8) is 0 Å². The lowest BCUT2D eigenvalue weighted by Gasteiger charge is -2.11. The van der Waals surface area contributed by atoms with Gasteiger partial charge < -0.3 is 11.1 Å². The number of hydrogen-bond donors (Lipinski definition) is 2. The molecular weight excluding hydrogens is 295 g/mol. The van der Waals surface area contributed by atoms with Gasteiger partial charge >= 0.3 is 0 Å². The number of nitrogens with two attached hydrogens (primary N) is 1. The van der Waals surface area contributed by atoms with E-state index in [1.807, 2.05) is 24.3 Å². The number of hydrogen-bond acceptors (Lipinski definition) is 4. The fourth-order valence-electron chi connectivity index (χ4n) is 1.92. The Kier molecular flexibility index (Phi) is 3.34. The van der Waals surface area contributed by atoms with Crippen LogP contribution in [0.4, 0.5) is 17.3 Å². The Bertz CT molecular complexity index is 784. The zero-order valence-electron chi connectivity index (χ0n) is 10.3. The molecule has 3 N–H and O–H groups in total. The zero-order chi connectivity index (χ0) is 14.1. The second-order valence-electron chi connectivity index (χ2n) is 4.21. The summed E-state index contributed by atoms with van der Waals surface area (Å²) in [5, 5.41) is 5.95. The van der Waals surface area contributed by atoms with E-state index < -0.39 is 0 Å². The average Bonchev–Trinajstić information content (AvgIpc) is 2.45. The van der Waals surface area contributed by atoms with Crippen LogP contribution >= 0.6 is 23.2 Å². The topological polar surface area (TPSA) is 63.8 Å². The number of nitrogens with zero attached hydrogens (tertiary/aromatic N) is 2. The maximum Gasteiger partial charge on any atom is 0.151 e. The Morgan fingerprint density at radius 1 is 1.10 bits per heavy atom. The first-order valence-corrected chi connectivity index (χ1v) is 6.62. The standard InChI is InChI=1S/C14H10Cl2N4/c15-10-6-11(16)14(20-13(10)17)19-12-3-1-2-8-4-5-18-7-9(8)12/h1-7H,(H3,17,19,20). The highest BCUT2D eigenvalue weighted by Crippen LogP contribution is 2.31. The highest BCUT2D eigenvalue weighted by atomic mass is 35.5. The van der Waals surface area contributed by atoms with Crippen LogP contribution in [0.3, 0.4) is 0 Å². The molecule has 4 nitrogen and oxygen atoms in total. The van der Waals surface area contributed by atoms with Crippen molar-refractivity contribution in [3.8, 4) is 0 Å². The first-order valence-electron chi connectivity index (χ1n) is 5.86. The quantitative estimate of drug-likeness (QED) is 0.742. The molecule has 0 aliphatic carbocycles. The van der Waals surface area contributed by atoms with Crippen LogP contribution in [-0.4, -0.2) is 9.97 Å². The van der Waals surface area contributed by atoms with E-state index >= 15 is 0 Å². The molecule has 100 valence electrons. The molecule has 3 aromatic rings. The minimum absolute atomic E-state index is 0.233. The molecule has 0 atom stereocenters. The lowest BCUT2D eigenvalue weighted by atomic mass is 10.1.